The van der Waals surface area contributed by atoms with Gasteiger partial charge in [-0.2, -0.15) is 0 Å². The number of rotatable bonds is 4. The van der Waals surface area contributed by atoms with E-state index in [1.165, 1.54) is 12.1 Å². The summed E-state index contributed by atoms with van der Waals surface area (Å²) in [7, 11) is 0. The number of benzene rings is 1. The molecular formula is C15H21F2NO. The van der Waals surface area contributed by atoms with Crippen LogP contribution >= 0.6 is 0 Å². The molecule has 0 aliphatic carbocycles. The van der Waals surface area contributed by atoms with E-state index in [-0.39, 0.29) is 11.9 Å². The van der Waals surface area contributed by atoms with E-state index in [2.05, 4.69) is 5.32 Å². The van der Waals surface area contributed by atoms with Crippen LogP contribution in [0.3, 0.4) is 0 Å². The van der Waals surface area contributed by atoms with Gasteiger partial charge in [0.15, 0.2) is 0 Å². The zero-order chi connectivity index (χ0) is 13.9. The molecule has 1 aliphatic heterocycles. The molecule has 1 aliphatic rings. The highest BCUT2D eigenvalue weighted by atomic mass is 19.1. The summed E-state index contributed by atoms with van der Waals surface area (Å²) >= 11 is 0. The highest BCUT2D eigenvalue weighted by Gasteiger charge is 2.38. The van der Waals surface area contributed by atoms with Crippen LogP contribution in [0, 0.1) is 11.6 Å². The van der Waals surface area contributed by atoms with E-state index in [1.807, 2.05) is 13.8 Å². The van der Waals surface area contributed by atoms with Crippen LogP contribution in [0.4, 0.5) is 8.78 Å². The number of ether oxygens (including phenoxy) is 1. The van der Waals surface area contributed by atoms with E-state index >= 15 is 0 Å². The van der Waals surface area contributed by atoms with Crippen LogP contribution in [0.25, 0.3) is 0 Å². The first-order valence-electron chi connectivity index (χ1n) is 6.89. The zero-order valence-corrected chi connectivity index (χ0v) is 11.5. The van der Waals surface area contributed by atoms with Gasteiger partial charge in [-0.15, -0.1) is 0 Å². The number of nitrogens with one attached hydrogen (secondary N) is 1. The Morgan fingerprint density at radius 1 is 1.37 bits per heavy atom. The Labute approximate surface area is 113 Å². The van der Waals surface area contributed by atoms with E-state index in [0.717, 1.165) is 25.3 Å². The van der Waals surface area contributed by atoms with Crippen LogP contribution in [0.1, 0.15) is 44.7 Å². The normalized spacial score (nSPS) is 25.3. The second-order valence-electron chi connectivity index (χ2n) is 5.27. The Morgan fingerprint density at radius 2 is 2.16 bits per heavy atom. The van der Waals surface area contributed by atoms with E-state index in [4.69, 9.17) is 4.74 Å². The fourth-order valence-electron chi connectivity index (χ4n) is 2.78. The lowest BCUT2D eigenvalue weighted by Crippen LogP contribution is -2.46. The lowest BCUT2D eigenvalue weighted by Gasteiger charge is -2.41. The highest BCUT2D eigenvalue weighted by Crippen LogP contribution is 2.37. The van der Waals surface area contributed by atoms with E-state index < -0.39 is 11.4 Å². The summed E-state index contributed by atoms with van der Waals surface area (Å²) in [6.07, 6.45) is 2.93. The quantitative estimate of drug-likeness (QED) is 0.902. The van der Waals surface area contributed by atoms with Crippen LogP contribution in [0.2, 0.25) is 0 Å². The molecule has 1 fully saturated rings. The van der Waals surface area contributed by atoms with Crippen LogP contribution in [0.5, 0.6) is 0 Å². The lowest BCUT2D eigenvalue weighted by molar-refractivity contribution is -0.0901. The second-order valence-corrected chi connectivity index (χ2v) is 5.27. The molecule has 106 valence electrons. The summed E-state index contributed by atoms with van der Waals surface area (Å²) < 4.78 is 33.3. The van der Waals surface area contributed by atoms with Gasteiger partial charge in [0.1, 0.15) is 11.6 Å². The van der Waals surface area contributed by atoms with Gasteiger partial charge < -0.3 is 10.1 Å². The summed E-state index contributed by atoms with van der Waals surface area (Å²) in [5, 5.41) is 3.25. The third-order valence-electron chi connectivity index (χ3n) is 3.79. The highest BCUT2D eigenvalue weighted by molar-refractivity contribution is 5.25. The molecule has 2 atom stereocenters. The van der Waals surface area contributed by atoms with Crippen molar-refractivity contribution in [3.63, 3.8) is 0 Å². The third-order valence-corrected chi connectivity index (χ3v) is 3.79. The van der Waals surface area contributed by atoms with Crippen molar-refractivity contribution in [2.45, 2.75) is 44.8 Å². The molecule has 2 rings (SSSR count). The summed E-state index contributed by atoms with van der Waals surface area (Å²) in [5.74, 6) is -0.804. The van der Waals surface area contributed by atoms with Crippen molar-refractivity contribution in [3.8, 4) is 0 Å². The maximum atomic E-state index is 14.0. The fourth-order valence-corrected chi connectivity index (χ4v) is 2.78. The average molecular weight is 269 g/mol. The van der Waals surface area contributed by atoms with Gasteiger partial charge in [0, 0.05) is 12.2 Å². The maximum absolute atomic E-state index is 14.0. The SMILES string of the molecule is CCNC(c1cc(F)ccc1F)C1(C)CCCCO1. The Balaban J connectivity index is 2.35. The number of likely N-dealkylation sites (N-methyl/N-ethyl adjacent to an activating group) is 1. The Bertz CT molecular complexity index is 430. The smallest absolute Gasteiger partial charge is 0.128 e. The van der Waals surface area contributed by atoms with Crippen LogP contribution in [0.15, 0.2) is 18.2 Å². The first-order chi connectivity index (χ1) is 9.07. The van der Waals surface area contributed by atoms with Crippen molar-refractivity contribution in [3.05, 3.63) is 35.4 Å². The van der Waals surface area contributed by atoms with Crippen molar-refractivity contribution < 1.29 is 13.5 Å². The van der Waals surface area contributed by atoms with Crippen molar-refractivity contribution in [1.82, 2.24) is 5.32 Å². The minimum atomic E-state index is -0.483. The van der Waals surface area contributed by atoms with Gasteiger partial charge in [-0.3, -0.25) is 0 Å². The molecule has 1 aromatic carbocycles. The number of hydrogen-bond donors (Lipinski definition) is 1. The molecule has 1 heterocycles. The fraction of sp³-hybridized carbons (Fsp3) is 0.600. The van der Waals surface area contributed by atoms with E-state index in [0.29, 0.717) is 18.7 Å². The van der Waals surface area contributed by atoms with Crippen molar-refractivity contribution in [2.75, 3.05) is 13.2 Å². The van der Waals surface area contributed by atoms with Crippen molar-refractivity contribution in [1.29, 1.82) is 0 Å². The monoisotopic (exact) mass is 269 g/mol. The minimum Gasteiger partial charge on any atom is -0.373 e. The Hall–Kier alpha value is -1.00. The standard InChI is InChI=1S/C15H21F2NO/c1-3-18-14(15(2)8-4-5-9-19-15)12-10-11(16)6-7-13(12)17/h6-7,10,14,18H,3-5,8-9H2,1-2H3. The van der Waals surface area contributed by atoms with Crippen molar-refractivity contribution in [2.24, 2.45) is 0 Å². The molecule has 0 radical (unpaired) electrons. The first kappa shape index (κ1) is 14.4. The number of hydrogen-bond acceptors (Lipinski definition) is 2. The summed E-state index contributed by atoms with van der Waals surface area (Å²) in [4.78, 5) is 0. The number of halogens is 2. The van der Waals surface area contributed by atoms with Gasteiger partial charge in [0.05, 0.1) is 11.6 Å². The molecule has 1 N–H and O–H groups in total. The molecule has 19 heavy (non-hydrogen) atoms. The third kappa shape index (κ3) is 3.12. The van der Waals surface area contributed by atoms with E-state index in [1.54, 1.807) is 0 Å². The van der Waals surface area contributed by atoms with Gasteiger partial charge in [-0.1, -0.05) is 6.92 Å². The van der Waals surface area contributed by atoms with Gasteiger partial charge in [-0.25, -0.2) is 8.78 Å². The van der Waals surface area contributed by atoms with Gasteiger partial charge >= 0.3 is 0 Å². The predicted octanol–water partition coefficient (Wildman–Crippen LogP) is 3.57. The van der Waals surface area contributed by atoms with Crippen molar-refractivity contribution >= 4 is 0 Å². The first-order valence-corrected chi connectivity index (χ1v) is 6.89. The lowest BCUT2D eigenvalue weighted by atomic mass is 9.84. The molecule has 1 aromatic rings. The Morgan fingerprint density at radius 3 is 2.79 bits per heavy atom. The van der Waals surface area contributed by atoms with E-state index in [9.17, 15) is 8.78 Å². The van der Waals surface area contributed by atoms with Gasteiger partial charge in [0.25, 0.3) is 0 Å². The molecule has 2 unspecified atom stereocenters. The maximum Gasteiger partial charge on any atom is 0.128 e. The molecule has 0 spiro atoms. The second kappa shape index (κ2) is 5.97. The molecule has 0 amide bonds. The predicted molar refractivity (Wildman–Crippen MR) is 71.0 cm³/mol. The van der Waals surface area contributed by atoms with Crippen LogP contribution in [-0.4, -0.2) is 18.8 Å². The molecule has 0 saturated carbocycles. The van der Waals surface area contributed by atoms with Crippen LogP contribution < -0.4 is 5.32 Å². The van der Waals surface area contributed by atoms with Gasteiger partial charge in [-0.05, 0) is 50.9 Å². The molecule has 0 aromatic heterocycles. The molecule has 0 bridgehead atoms. The summed E-state index contributed by atoms with van der Waals surface area (Å²) in [5.41, 5.74) is -0.130. The Kier molecular flexibility index (Phi) is 4.53. The molecular weight excluding hydrogens is 248 g/mol. The zero-order valence-electron chi connectivity index (χ0n) is 11.5. The average Bonchev–Trinajstić information content (AvgIpc) is 2.40. The van der Waals surface area contributed by atoms with Crippen LogP contribution in [-0.2, 0) is 4.74 Å². The minimum absolute atomic E-state index is 0.325. The summed E-state index contributed by atoms with van der Waals surface area (Å²) in [6.45, 7) is 5.29. The largest absolute Gasteiger partial charge is 0.373 e. The molecule has 2 nitrogen and oxygen atoms in total. The molecule has 4 heteroatoms. The summed E-state index contributed by atoms with van der Waals surface area (Å²) in [6, 6.07) is 3.27. The topological polar surface area (TPSA) is 21.3 Å². The molecule has 1 saturated heterocycles. The van der Waals surface area contributed by atoms with Gasteiger partial charge in [0.2, 0.25) is 0 Å².